The number of aromatic hydroxyl groups is 1. The number of azo groups is 1. The molecule has 0 saturated heterocycles. The molecule has 1 aromatic carbocycles. The molecule has 1 aromatic rings. The summed E-state index contributed by atoms with van der Waals surface area (Å²) in [5.41, 5.74) is 1.64. The molecule has 0 aromatic heterocycles. The molecule has 0 saturated carbocycles. The van der Waals surface area contributed by atoms with Gasteiger partial charge in [0.2, 0.25) is 0 Å². The second kappa shape index (κ2) is 2.91. The molecule has 0 fully saturated rings. The number of anilines is 1. The highest BCUT2D eigenvalue weighted by atomic mass is 16.3. The number of fused-ring (bicyclic) bond motifs is 3. The monoisotopic (exact) mass is 200 g/mol. The smallest absolute Gasteiger partial charge is 0.158 e. The van der Waals surface area contributed by atoms with Crippen molar-refractivity contribution in [2.24, 2.45) is 15.2 Å². The highest BCUT2D eigenvalue weighted by Crippen LogP contribution is 2.36. The number of phenols is 1. The minimum atomic E-state index is 0.211. The quantitative estimate of drug-likeness (QED) is 0.697. The number of hydrogen-bond donors (Lipinski definition) is 1. The number of benzene rings is 1. The van der Waals surface area contributed by atoms with Gasteiger partial charge in [0.05, 0.1) is 11.4 Å². The molecule has 1 N–H and O–H groups in total. The molecule has 15 heavy (non-hydrogen) atoms. The Morgan fingerprint density at radius 2 is 2.27 bits per heavy atom. The van der Waals surface area contributed by atoms with Crippen LogP contribution >= 0.6 is 0 Å². The van der Waals surface area contributed by atoms with E-state index < -0.39 is 0 Å². The van der Waals surface area contributed by atoms with Crippen LogP contribution in [0.4, 0.5) is 11.4 Å². The van der Waals surface area contributed by atoms with Crippen molar-refractivity contribution in [3.63, 3.8) is 0 Å². The minimum absolute atomic E-state index is 0.211. The molecule has 5 heteroatoms. The molecular weight excluding hydrogens is 192 g/mol. The van der Waals surface area contributed by atoms with Crippen LogP contribution in [0.25, 0.3) is 0 Å². The van der Waals surface area contributed by atoms with E-state index in [0.29, 0.717) is 6.67 Å². The van der Waals surface area contributed by atoms with Crippen molar-refractivity contribution in [3.8, 4) is 5.75 Å². The van der Waals surface area contributed by atoms with E-state index in [1.54, 1.807) is 24.4 Å². The van der Waals surface area contributed by atoms with Crippen molar-refractivity contribution in [1.82, 2.24) is 0 Å². The van der Waals surface area contributed by atoms with Gasteiger partial charge in [-0.3, -0.25) is 4.99 Å². The first-order chi connectivity index (χ1) is 7.34. The maximum atomic E-state index is 9.36. The van der Waals surface area contributed by atoms with E-state index in [1.165, 1.54) is 0 Å². The Balaban J connectivity index is 2.18. The minimum Gasteiger partial charge on any atom is -0.508 e. The molecule has 0 unspecified atom stereocenters. The predicted octanol–water partition coefficient (Wildman–Crippen LogP) is 2.18. The number of phenolic OH excluding ortho intramolecular Hbond substituents is 1. The van der Waals surface area contributed by atoms with Gasteiger partial charge in [0.15, 0.2) is 5.82 Å². The summed E-state index contributed by atoms with van der Waals surface area (Å²) in [6.45, 7) is 0.507. The standard InChI is InChI=1S/C10H8N4O/c15-7-1-2-9-8(5-7)11-4-3-10-13-12-6-14(9)10/h1-5,15H,6H2. The third-order valence-corrected chi connectivity index (χ3v) is 2.34. The number of hydrogen-bond acceptors (Lipinski definition) is 5. The normalized spacial score (nSPS) is 17.1. The molecule has 74 valence electrons. The summed E-state index contributed by atoms with van der Waals surface area (Å²) in [5, 5.41) is 17.3. The Morgan fingerprint density at radius 3 is 3.20 bits per heavy atom. The average Bonchev–Trinajstić information content (AvgIpc) is 2.61. The zero-order chi connectivity index (χ0) is 10.3. The van der Waals surface area contributed by atoms with Gasteiger partial charge in [0.1, 0.15) is 12.4 Å². The predicted molar refractivity (Wildman–Crippen MR) is 56.5 cm³/mol. The molecule has 0 atom stereocenters. The zero-order valence-corrected chi connectivity index (χ0v) is 7.83. The lowest BCUT2D eigenvalue weighted by Gasteiger charge is -2.17. The fourth-order valence-corrected chi connectivity index (χ4v) is 1.64. The largest absolute Gasteiger partial charge is 0.508 e. The first-order valence-corrected chi connectivity index (χ1v) is 4.57. The van der Waals surface area contributed by atoms with Crippen LogP contribution in [-0.2, 0) is 0 Å². The lowest BCUT2D eigenvalue weighted by molar-refractivity contribution is 0.475. The van der Waals surface area contributed by atoms with E-state index in [-0.39, 0.29) is 5.75 Å². The third-order valence-electron chi connectivity index (χ3n) is 2.34. The average molecular weight is 200 g/mol. The summed E-state index contributed by atoms with van der Waals surface area (Å²) < 4.78 is 0. The summed E-state index contributed by atoms with van der Waals surface area (Å²) in [5.74, 6) is 0.991. The van der Waals surface area contributed by atoms with Gasteiger partial charge in [0.25, 0.3) is 0 Å². The Kier molecular flexibility index (Phi) is 1.58. The van der Waals surface area contributed by atoms with Gasteiger partial charge < -0.3 is 10.0 Å². The first kappa shape index (κ1) is 8.16. The van der Waals surface area contributed by atoms with Crippen LogP contribution in [0.3, 0.4) is 0 Å². The topological polar surface area (TPSA) is 60.6 Å². The van der Waals surface area contributed by atoms with E-state index in [0.717, 1.165) is 17.2 Å². The van der Waals surface area contributed by atoms with Gasteiger partial charge in [0, 0.05) is 18.4 Å². The van der Waals surface area contributed by atoms with Crippen molar-refractivity contribution in [3.05, 3.63) is 30.1 Å². The van der Waals surface area contributed by atoms with Crippen molar-refractivity contribution in [2.45, 2.75) is 0 Å². The third kappa shape index (κ3) is 1.20. The fourth-order valence-electron chi connectivity index (χ4n) is 1.64. The Labute approximate surface area is 86.1 Å². The van der Waals surface area contributed by atoms with Crippen molar-refractivity contribution >= 4 is 17.6 Å². The molecule has 0 spiro atoms. The van der Waals surface area contributed by atoms with E-state index in [2.05, 4.69) is 15.2 Å². The van der Waals surface area contributed by atoms with Crippen molar-refractivity contribution in [2.75, 3.05) is 11.6 Å². The molecule has 0 amide bonds. The van der Waals surface area contributed by atoms with Gasteiger partial charge in [-0.25, -0.2) is 0 Å². The Morgan fingerprint density at radius 1 is 1.33 bits per heavy atom. The molecule has 2 aliphatic heterocycles. The van der Waals surface area contributed by atoms with Crippen LogP contribution in [0.5, 0.6) is 5.75 Å². The van der Waals surface area contributed by atoms with Gasteiger partial charge in [-0.05, 0) is 12.1 Å². The van der Waals surface area contributed by atoms with Crippen LogP contribution in [0.15, 0.2) is 45.3 Å². The maximum absolute atomic E-state index is 9.36. The van der Waals surface area contributed by atoms with Crippen LogP contribution in [0.2, 0.25) is 0 Å². The van der Waals surface area contributed by atoms with Crippen LogP contribution in [0.1, 0.15) is 0 Å². The van der Waals surface area contributed by atoms with Gasteiger partial charge in [-0.2, -0.15) is 5.11 Å². The summed E-state index contributed by atoms with van der Waals surface area (Å²) >= 11 is 0. The van der Waals surface area contributed by atoms with Crippen LogP contribution in [0, 0.1) is 0 Å². The molecule has 0 radical (unpaired) electrons. The van der Waals surface area contributed by atoms with Gasteiger partial charge in [-0.1, -0.05) is 0 Å². The lowest BCUT2D eigenvalue weighted by atomic mass is 10.2. The summed E-state index contributed by atoms with van der Waals surface area (Å²) in [6.07, 6.45) is 3.46. The number of nitrogens with zero attached hydrogens (tertiary/aromatic N) is 4. The Bertz CT molecular complexity index is 504. The highest BCUT2D eigenvalue weighted by Gasteiger charge is 2.20. The molecule has 5 nitrogen and oxygen atoms in total. The molecule has 2 aliphatic rings. The molecule has 3 rings (SSSR count). The fraction of sp³-hybridized carbons (Fsp3) is 0.100. The summed E-state index contributed by atoms with van der Waals surface area (Å²) in [7, 11) is 0. The van der Waals surface area contributed by atoms with E-state index in [4.69, 9.17) is 0 Å². The van der Waals surface area contributed by atoms with E-state index >= 15 is 0 Å². The maximum Gasteiger partial charge on any atom is 0.158 e. The van der Waals surface area contributed by atoms with Crippen LogP contribution < -0.4 is 4.90 Å². The Hall–Kier alpha value is -2.17. The summed E-state index contributed by atoms with van der Waals surface area (Å²) in [6, 6.07) is 5.08. The van der Waals surface area contributed by atoms with Gasteiger partial charge in [-0.15, -0.1) is 5.11 Å². The SMILES string of the molecule is Oc1ccc2c(c1)N=CC=C1N=NCN12. The number of aliphatic imine (C=N–C) groups is 1. The first-order valence-electron chi connectivity index (χ1n) is 4.57. The molecule has 2 heterocycles. The second-order valence-corrected chi connectivity index (χ2v) is 3.29. The molecule has 0 bridgehead atoms. The lowest BCUT2D eigenvalue weighted by Crippen LogP contribution is -2.16. The van der Waals surface area contributed by atoms with Crippen molar-refractivity contribution < 1.29 is 5.11 Å². The van der Waals surface area contributed by atoms with Crippen molar-refractivity contribution in [1.29, 1.82) is 0 Å². The summed E-state index contributed by atoms with van der Waals surface area (Å²) in [4.78, 5) is 6.17. The highest BCUT2D eigenvalue weighted by molar-refractivity contribution is 5.84. The second-order valence-electron chi connectivity index (χ2n) is 3.29. The zero-order valence-electron chi connectivity index (χ0n) is 7.83. The van der Waals surface area contributed by atoms with Crippen LogP contribution in [-0.4, -0.2) is 18.0 Å². The van der Waals surface area contributed by atoms with E-state index in [1.807, 2.05) is 11.0 Å². The number of rotatable bonds is 0. The molecule has 0 aliphatic carbocycles. The molecular formula is C10H8N4O. The van der Waals surface area contributed by atoms with E-state index in [9.17, 15) is 5.11 Å². The van der Waals surface area contributed by atoms with Gasteiger partial charge >= 0.3 is 0 Å². The number of allylic oxidation sites excluding steroid dienone is 1.